The third kappa shape index (κ3) is 3.62. The Morgan fingerprint density at radius 2 is 2.20 bits per heavy atom. The van der Waals surface area contributed by atoms with Gasteiger partial charge in [0.25, 0.3) is 0 Å². The van der Waals surface area contributed by atoms with E-state index in [0.717, 1.165) is 18.4 Å². The van der Waals surface area contributed by atoms with Gasteiger partial charge >= 0.3 is 0 Å². The summed E-state index contributed by atoms with van der Waals surface area (Å²) in [5.41, 5.74) is 1.46. The second kappa shape index (κ2) is 5.39. The zero-order chi connectivity index (χ0) is 11.3. The summed E-state index contributed by atoms with van der Waals surface area (Å²) in [5, 5.41) is 12.2. The van der Waals surface area contributed by atoms with Crippen LogP contribution in [-0.2, 0) is 4.79 Å². The first-order chi connectivity index (χ1) is 7.13. The van der Waals surface area contributed by atoms with Crippen LogP contribution in [-0.4, -0.2) is 11.0 Å². The fourth-order valence-corrected chi connectivity index (χ4v) is 1.30. The average molecular weight is 207 g/mol. The number of carbonyl (C=O) groups is 1. The summed E-state index contributed by atoms with van der Waals surface area (Å²) in [7, 11) is 0. The molecule has 0 fully saturated rings. The number of benzene rings is 1. The molecular formula is C12H17NO2. The number of phenols is 1. The van der Waals surface area contributed by atoms with Gasteiger partial charge in [-0.2, -0.15) is 0 Å². The highest BCUT2D eigenvalue weighted by atomic mass is 16.3. The molecule has 0 aromatic heterocycles. The van der Waals surface area contributed by atoms with E-state index in [-0.39, 0.29) is 11.7 Å². The minimum absolute atomic E-state index is 0.0454. The Balaban J connectivity index is 2.60. The molecule has 0 bridgehead atoms. The predicted molar refractivity (Wildman–Crippen MR) is 61.0 cm³/mol. The first-order valence-corrected chi connectivity index (χ1v) is 5.23. The number of aryl methyl sites for hydroxylation is 1. The Morgan fingerprint density at radius 1 is 1.47 bits per heavy atom. The Kier molecular flexibility index (Phi) is 4.16. The van der Waals surface area contributed by atoms with Crippen molar-refractivity contribution in [3.8, 4) is 5.75 Å². The molecule has 1 aromatic rings. The van der Waals surface area contributed by atoms with E-state index in [4.69, 9.17) is 0 Å². The number of phenolic OH excluding ortho intramolecular Hbond substituents is 1. The number of nitrogens with one attached hydrogen (secondary N) is 1. The monoisotopic (exact) mass is 207 g/mol. The third-order valence-electron chi connectivity index (χ3n) is 2.18. The van der Waals surface area contributed by atoms with Crippen molar-refractivity contribution in [1.29, 1.82) is 0 Å². The van der Waals surface area contributed by atoms with Crippen LogP contribution < -0.4 is 5.32 Å². The van der Waals surface area contributed by atoms with Gasteiger partial charge in [-0.3, -0.25) is 4.79 Å². The van der Waals surface area contributed by atoms with Gasteiger partial charge in [-0.1, -0.05) is 19.4 Å². The third-order valence-corrected chi connectivity index (χ3v) is 2.18. The summed E-state index contributed by atoms with van der Waals surface area (Å²) in [6.45, 7) is 3.93. The largest absolute Gasteiger partial charge is 0.506 e. The molecule has 0 radical (unpaired) electrons. The van der Waals surface area contributed by atoms with Crippen molar-refractivity contribution in [3.63, 3.8) is 0 Å². The Bertz CT molecular complexity index is 347. The molecule has 2 N–H and O–H groups in total. The lowest BCUT2D eigenvalue weighted by Gasteiger charge is -2.07. The fraction of sp³-hybridized carbons (Fsp3) is 0.417. The number of rotatable bonds is 4. The molecule has 0 spiro atoms. The van der Waals surface area contributed by atoms with E-state index in [0.29, 0.717) is 12.1 Å². The molecule has 0 aliphatic heterocycles. The maximum Gasteiger partial charge on any atom is 0.224 e. The van der Waals surface area contributed by atoms with Gasteiger partial charge in [0.2, 0.25) is 5.91 Å². The normalized spacial score (nSPS) is 10.0. The lowest BCUT2D eigenvalue weighted by atomic mass is 10.2. The molecule has 82 valence electrons. The van der Waals surface area contributed by atoms with Crippen molar-refractivity contribution >= 4 is 11.6 Å². The van der Waals surface area contributed by atoms with Crippen LogP contribution in [0.15, 0.2) is 18.2 Å². The quantitative estimate of drug-likeness (QED) is 0.746. The maximum absolute atomic E-state index is 11.4. The van der Waals surface area contributed by atoms with Crippen molar-refractivity contribution in [2.45, 2.75) is 33.1 Å². The van der Waals surface area contributed by atoms with Crippen molar-refractivity contribution in [2.75, 3.05) is 5.32 Å². The van der Waals surface area contributed by atoms with Crippen LogP contribution in [0.5, 0.6) is 5.75 Å². The molecule has 0 aliphatic carbocycles. The Labute approximate surface area is 90.1 Å². The molecule has 1 amide bonds. The first-order valence-electron chi connectivity index (χ1n) is 5.23. The highest BCUT2D eigenvalue weighted by Gasteiger charge is 2.05. The van der Waals surface area contributed by atoms with Gasteiger partial charge in [-0.15, -0.1) is 0 Å². The van der Waals surface area contributed by atoms with E-state index in [9.17, 15) is 9.90 Å². The van der Waals surface area contributed by atoms with Crippen molar-refractivity contribution < 1.29 is 9.90 Å². The lowest BCUT2D eigenvalue weighted by molar-refractivity contribution is -0.116. The van der Waals surface area contributed by atoms with Crippen LogP contribution in [0.1, 0.15) is 31.7 Å². The van der Waals surface area contributed by atoms with Gasteiger partial charge in [-0.05, 0) is 31.0 Å². The highest BCUT2D eigenvalue weighted by Crippen LogP contribution is 2.23. The summed E-state index contributed by atoms with van der Waals surface area (Å²) >= 11 is 0. The molecule has 3 nitrogen and oxygen atoms in total. The van der Waals surface area contributed by atoms with Gasteiger partial charge < -0.3 is 10.4 Å². The summed E-state index contributed by atoms with van der Waals surface area (Å²) < 4.78 is 0. The zero-order valence-corrected chi connectivity index (χ0v) is 9.21. The Hall–Kier alpha value is -1.51. The maximum atomic E-state index is 11.4. The number of aromatic hydroxyl groups is 1. The van der Waals surface area contributed by atoms with Crippen LogP contribution in [0, 0.1) is 6.92 Å². The molecule has 1 rings (SSSR count). The zero-order valence-electron chi connectivity index (χ0n) is 9.21. The molecule has 0 atom stereocenters. The van der Waals surface area contributed by atoms with E-state index >= 15 is 0 Å². The number of hydrogen-bond donors (Lipinski definition) is 2. The van der Waals surface area contributed by atoms with Crippen molar-refractivity contribution in [1.82, 2.24) is 0 Å². The summed E-state index contributed by atoms with van der Waals surface area (Å²) in [5.74, 6) is 0.0795. The summed E-state index contributed by atoms with van der Waals surface area (Å²) in [6.07, 6.45) is 2.37. The Morgan fingerprint density at radius 3 is 2.80 bits per heavy atom. The van der Waals surface area contributed by atoms with Gasteiger partial charge in [0.05, 0.1) is 5.69 Å². The minimum Gasteiger partial charge on any atom is -0.506 e. The van der Waals surface area contributed by atoms with Crippen LogP contribution >= 0.6 is 0 Å². The van der Waals surface area contributed by atoms with E-state index in [1.807, 2.05) is 19.9 Å². The molecule has 15 heavy (non-hydrogen) atoms. The SMILES string of the molecule is CCCCC(=O)Nc1ccc(C)cc1O. The van der Waals surface area contributed by atoms with E-state index < -0.39 is 0 Å². The smallest absolute Gasteiger partial charge is 0.224 e. The van der Waals surface area contributed by atoms with Gasteiger partial charge in [0.1, 0.15) is 5.75 Å². The number of amides is 1. The molecule has 0 unspecified atom stereocenters. The number of unbranched alkanes of at least 4 members (excludes halogenated alkanes) is 1. The van der Waals surface area contributed by atoms with E-state index in [1.165, 1.54) is 0 Å². The van der Waals surface area contributed by atoms with Gasteiger partial charge in [0.15, 0.2) is 0 Å². The lowest BCUT2D eigenvalue weighted by Crippen LogP contribution is -2.10. The first kappa shape index (κ1) is 11.6. The topological polar surface area (TPSA) is 49.3 Å². The standard InChI is InChI=1S/C12H17NO2/c1-3-4-5-12(15)13-10-7-6-9(2)8-11(10)14/h6-8,14H,3-5H2,1-2H3,(H,13,15). The van der Waals surface area contributed by atoms with Crippen molar-refractivity contribution in [2.24, 2.45) is 0 Å². The molecule has 0 aliphatic rings. The molecule has 0 saturated heterocycles. The second-order valence-corrected chi connectivity index (χ2v) is 3.67. The van der Waals surface area contributed by atoms with Crippen molar-refractivity contribution in [3.05, 3.63) is 23.8 Å². The van der Waals surface area contributed by atoms with Crippen LogP contribution in [0.4, 0.5) is 5.69 Å². The molecular weight excluding hydrogens is 190 g/mol. The van der Waals surface area contributed by atoms with E-state index in [1.54, 1.807) is 12.1 Å². The highest BCUT2D eigenvalue weighted by molar-refractivity contribution is 5.92. The fourth-order valence-electron chi connectivity index (χ4n) is 1.30. The second-order valence-electron chi connectivity index (χ2n) is 3.67. The molecule has 3 heteroatoms. The van der Waals surface area contributed by atoms with Crippen LogP contribution in [0.3, 0.4) is 0 Å². The van der Waals surface area contributed by atoms with Gasteiger partial charge in [0, 0.05) is 6.42 Å². The summed E-state index contributed by atoms with van der Waals surface area (Å²) in [6, 6.07) is 5.21. The average Bonchev–Trinajstić information content (AvgIpc) is 2.19. The van der Waals surface area contributed by atoms with Gasteiger partial charge in [-0.25, -0.2) is 0 Å². The molecule has 0 saturated carbocycles. The molecule has 1 aromatic carbocycles. The van der Waals surface area contributed by atoms with E-state index in [2.05, 4.69) is 5.32 Å². The summed E-state index contributed by atoms with van der Waals surface area (Å²) in [4.78, 5) is 11.4. The van der Waals surface area contributed by atoms with Crippen LogP contribution in [0.25, 0.3) is 0 Å². The minimum atomic E-state index is -0.0454. The number of carbonyl (C=O) groups excluding carboxylic acids is 1. The molecule has 0 heterocycles. The number of anilines is 1. The number of hydrogen-bond acceptors (Lipinski definition) is 2. The van der Waals surface area contributed by atoms with Crippen LogP contribution in [0.2, 0.25) is 0 Å². The predicted octanol–water partition coefficient (Wildman–Crippen LogP) is 2.83.